The van der Waals surface area contributed by atoms with E-state index in [1.165, 1.54) is 55.3 Å². The number of methoxy groups -OCH3 is 1. The third-order valence-corrected chi connectivity index (χ3v) is 8.80. The number of halogens is 3. The van der Waals surface area contributed by atoms with Crippen LogP contribution in [0.1, 0.15) is 62.1 Å². The number of ether oxygens (including phenoxy) is 1. The van der Waals surface area contributed by atoms with Gasteiger partial charge in [0.15, 0.2) is 0 Å². The molecule has 2 N–H and O–H groups in total. The minimum atomic E-state index is -4.65. The molecule has 38 heavy (non-hydrogen) atoms. The summed E-state index contributed by atoms with van der Waals surface area (Å²) in [6.07, 6.45) is 4.83. The zero-order valence-corrected chi connectivity index (χ0v) is 22.1. The Kier molecular flexibility index (Phi) is 7.49. The third kappa shape index (κ3) is 5.05. The maximum Gasteiger partial charge on any atom is 0.418 e. The molecule has 3 aliphatic rings. The molecule has 0 radical (unpaired) electrons. The number of nitrogens with zero attached hydrogens (tertiary/aromatic N) is 4. The zero-order valence-electron chi connectivity index (χ0n) is 22.1. The maximum atomic E-state index is 14.1. The number of rotatable bonds is 6. The van der Waals surface area contributed by atoms with Crippen LogP contribution in [0.25, 0.3) is 5.52 Å². The standard InChI is InChI=1S/C26H37F3N6O3/c1-32(25(37)38-3)12-16-10-20(26(27,28)29)21-14-34(24(36)35(21)13-16)19-9-5-8-18(11-19)22(17-6-4-7-17)23-31-30-15-33(23)2/h10,13-14,17-19,22-23,30-31H,4-9,11-12,15H2,1-3H3/t18?,19?,22-,23?/m1/s1. The number of carbonyl (C=O) groups is 1. The highest BCUT2D eigenvalue weighted by Gasteiger charge is 2.43. The second kappa shape index (κ2) is 10.5. The molecule has 1 aliphatic heterocycles. The van der Waals surface area contributed by atoms with Gasteiger partial charge in [-0.1, -0.05) is 25.7 Å². The number of imidazole rings is 1. The van der Waals surface area contributed by atoms with Gasteiger partial charge in [-0.15, -0.1) is 0 Å². The molecule has 12 heteroatoms. The fourth-order valence-electron chi connectivity index (χ4n) is 6.73. The third-order valence-electron chi connectivity index (χ3n) is 8.80. The van der Waals surface area contributed by atoms with Gasteiger partial charge in [0, 0.05) is 25.5 Å². The van der Waals surface area contributed by atoms with Crippen LogP contribution in [0.5, 0.6) is 0 Å². The van der Waals surface area contributed by atoms with Gasteiger partial charge in [0.05, 0.1) is 37.6 Å². The van der Waals surface area contributed by atoms with Gasteiger partial charge in [-0.2, -0.15) is 13.2 Å². The topological polar surface area (TPSA) is 83.2 Å². The number of aromatic nitrogens is 2. The van der Waals surface area contributed by atoms with E-state index >= 15 is 0 Å². The summed E-state index contributed by atoms with van der Waals surface area (Å²) in [5, 5.41) is 0. The number of pyridine rings is 1. The van der Waals surface area contributed by atoms with Gasteiger partial charge in [0.25, 0.3) is 0 Å². The van der Waals surface area contributed by atoms with Crippen molar-refractivity contribution in [1.29, 1.82) is 0 Å². The Balaban J connectivity index is 1.48. The first-order valence-corrected chi connectivity index (χ1v) is 13.4. The van der Waals surface area contributed by atoms with Gasteiger partial charge in [-0.3, -0.25) is 13.9 Å². The van der Waals surface area contributed by atoms with Crippen molar-refractivity contribution >= 4 is 11.6 Å². The SMILES string of the molecule is COC(=O)N(C)Cc1cc(C(F)(F)F)c2cn(C3CCCC([C@@H](C4CCC4)C4NNCN4C)C3)c(=O)n2c1. The largest absolute Gasteiger partial charge is 0.453 e. The first-order chi connectivity index (χ1) is 18.1. The number of hydrogen-bond donors (Lipinski definition) is 2. The molecule has 2 aliphatic carbocycles. The number of nitrogens with one attached hydrogen (secondary N) is 2. The lowest BCUT2D eigenvalue weighted by Gasteiger charge is -2.46. The molecule has 2 saturated carbocycles. The van der Waals surface area contributed by atoms with Gasteiger partial charge in [0.2, 0.25) is 0 Å². The van der Waals surface area contributed by atoms with Crippen LogP contribution in [0.4, 0.5) is 18.0 Å². The first-order valence-electron chi connectivity index (χ1n) is 13.4. The smallest absolute Gasteiger partial charge is 0.418 e. The molecule has 1 amide bonds. The van der Waals surface area contributed by atoms with Crippen LogP contribution in [-0.4, -0.2) is 58.9 Å². The van der Waals surface area contributed by atoms with E-state index in [0.717, 1.165) is 42.8 Å². The Hall–Kier alpha value is -2.57. The summed E-state index contributed by atoms with van der Waals surface area (Å²) in [7, 11) is 4.74. The summed E-state index contributed by atoms with van der Waals surface area (Å²) in [5.74, 6) is 1.42. The van der Waals surface area contributed by atoms with Crippen molar-refractivity contribution in [2.45, 2.75) is 69.9 Å². The van der Waals surface area contributed by atoms with Crippen LogP contribution in [0, 0.1) is 17.8 Å². The lowest BCUT2D eigenvalue weighted by Crippen LogP contribution is -2.50. The van der Waals surface area contributed by atoms with Crippen molar-refractivity contribution in [2.24, 2.45) is 17.8 Å². The molecular formula is C26H37F3N6O3. The monoisotopic (exact) mass is 538 g/mol. The molecule has 0 aromatic carbocycles. The van der Waals surface area contributed by atoms with Gasteiger partial charge in [-0.05, 0) is 55.7 Å². The van der Waals surface area contributed by atoms with E-state index < -0.39 is 23.5 Å². The van der Waals surface area contributed by atoms with E-state index in [1.807, 2.05) is 0 Å². The van der Waals surface area contributed by atoms with Crippen molar-refractivity contribution in [3.63, 3.8) is 0 Å². The maximum absolute atomic E-state index is 14.1. The van der Waals surface area contributed by atoms with Crippen LogP contribution in [0.3, 0.4) is 0 Å². The second-order valence-electron chi connectivity index (χ2n) is 11.2. The van der Waals surface area contributed by atoms with E-state index in [1.54, 1.807) is 0 Å². The van der Waals surface area contributed by atoms with Crippen LogP contribution < -0.4 is 16.5 Å². The second-order valence-corrected chi connectivity index (χ2v) is 11.2. The molecule has 210 valence electrons. The predicted molar refractivity (Wildman–Crippen MR) is 135 cm³/mol. The summed E-state index contributed by atoms with van der Waals surface area (Å²) in [4.78, 5) is 28.8. The van der Waals surface area contributed by atoms with Crippen molar-refractivity contribution in [1.82, 2.24) is 29.6 Å². The molecule has 5 rings (SSSR count). The summed E-state index contributed by atoms with van der Waals surface area (Å²) in [6, 6.07) is 0.856. The number of fused-ring (bicyclic) bond motifs is 1. The molecule has 3 heterocycles. The highest BCUT2D eigenvalue weighted by molar-refractivity contribution is 5.67. The Morgan fingerprint density at radius 3 is 2.50 bits per heavy atom. The molecule has 1 saturated heterocycles. The Labute approximate surface area is 219 Å². The predicted octanol–water partition coefficient (Wildman–Crippen LogP) is 3.79. The Bertz CT molecular complexity index is 1220. The van der Waals surface area contributed by atoms with Crippen LogP contribution in [-0.2, 0) is 17.5 Å². The molecule has 0 spiro atoms. The van der Waals surface area contributed by atoms with Crippen LogP contribution in [0.15, 0.2) is 23.3 Å². The quantitative estimate of drug-likeness (QED) is 0.583. The molecule has 3 unspecified atom stereocenters. The summed E-state index contributed by atoms with van der Waals surface area (Å²) < 4.78 is 49.6. The normalized spacial score (nSPS) is 25.9. The molecule has 4 atom stereocenters. The van der Waals surface area contributed by atoms with Gasteiger partial charge in [0.1, 0.15) is 0 Å². The van der Waals surface area contributed by atoms with E-state index in [-0.39, 0.29) is 29.8 Å². The highest BCUT2D eigenvalue weighted by atomic mass is 19.4. The molecule has 9 nitrogen and oxygen atoms in total. The van der Waals surface area contributed by atoms with Crippen molar-refractivity contribution < 1.29 is 22.7 Å². The number of alkyl halides is 3. The summed E-state index contributed by atoms with van der Waals surface area (Å²) >= 11 is 0. The zero-order chi connectivity index (χ0) is 27.2. The minimum absolute atomic E-state index is 0.117. The average molecular weight is 539 g/mol. The highest BCUT2D eigenvalue weighted by Crippen LogP contribution is 2.46. The van der Waals surface area contributed by atoms with E-state index in [4.69, 9.17) is 0 Å². The van der Waals surface area contributed by atoms with Crippen molar-refractivity contribution in [2.75, 3.05) is 27.9 Å². The lowest BCUT2D eigenvalue weighted by molar-refractivity contribution is -0.136. The van der Waals surface area contributed by atoms with E-state index in [2.05, 4.69) is 27.5 Å². The Morgan fingerprint density at radius 1 is 1.18 bits per heavy atom. The first kappa shape index (κ1) is 27.0. The number of hydrogen-bond acceptors (Lipinski definition) is 6. The molecule has 2 aromatic rings. The fourth-order valence-corrected chi connectivity index (χ4v) is 6.73. The molecule has 0 bridgehead atoms. The van der Waals surface area contributed by atoms with Crippen molar-refractivity contribution in [3.8, 4) is 0 Å². The summed E-state index contributed by atoms with van der Waals surface area (Å²) in [5.41, 5.74) is 5.36. The van der Waals surface area contributed by atoms with Gasteiger partial charge >= 0.3 is 18.0 Å². The number of hydrazine groups is 1. The minimum Gasteiger partial charge on any atom is -0.453 e. The molecular weight excluding hydrogens is 501 g/mol. The number of amides is 1. The van der Waals surface area contributed by atoms with Gasteiger partial charge in [-0.25, -0.2) is 20.4 Å². The number of carbonyl (C=O) groups excluding carboxylic acids is 1. The molecule has 3 fully saturated rings. The van der Waals surface area contributed by atoms with Crippen LogP contribution in [0.2, 0.25) is 0 Å². The fraction of sp³-hybridized carbons (Fsp3) is 0.692. The van der Waals surface area contributed by atoms with Crippen LogP contribution >= 0.6 is 0 Å². The average Bonchev–Trinajstić information content (AvgIpc) is 3.42. The summed E-state index contributed by atoms with van der Waals surface area (Å²) in [6.45, 7) is 0.649. The van der Waals surface area contributed by atoms with Gasteiger partial charge < -0.3 is 9.64 Å². The molecule has 2 aromatic heterocycles. The van der Waals surface area contributed by atoms with Crippen molar-refractivity contribution in [3.05, 3.63) is 40.1 Å². The van der Waals surface area contributed by atoms with E-state index in [0.29, 0.717) is 17.8 Å². The lowest BCUT2D eigenvalue weighted by atomic mass is 9.65. The Morgan fingerprint density at radius 2 is 1.89 bits per heavy atom. The van der Waals surface area contributed by atoms with E-state index in [9.17, 15) is 22.8 Å².